The first-order chi connectivity index (χ1) is 9.09. The molecule has 1 aromatic rings. The molecule has 1 aliphatic carbocycles. The Morgan fingerprint density at radius 1 is 1.42 bits per heavy atom. The fourth-order valence-corrected chi connectivity index (χ4v) is 3.56. The second-order valence-corrected chi connectivity index (χ2v) is 7.11. The summed E-state index contributed by atoms with van der Waals surface area (Å²) >= 11 is 3.55. The maximum Gasteiger partial charge on any atom is 0.126 e. The quantitative estimate of drug-likeness (QED) is 0.884. The molecule has 3 rings (SSSR count). The van der Waals surface area contributed by atoms with E-state index >= 15 is 0 Å². The molecule has 0 bridgehead atoms. The van der Waals surface area contributed by atoms with Crippen LogP contribution in [0.5, 0.6) is 5.75 Å². The van der Waals surface area contributed by atoms with E-state index in [9.17, 15) is 0 Å². The summed E-state index contributed by atoms with van der Waals surface area (Å²) in [6.45, 7) is 5.45. The van der Waals surface area contributed by atoms with Gasteiger partial charge in [-0.3, -0.25) is 0 Å². The number of benzene rings is 1. The van der Waals surface area contributed by atoms with Gasteiger partial charge in [0.15, 0.2) is 0 Å². The van der Waals surface area contributed by atoms with Gasteiger partial charge in [0.05, 0.1) is 0 Å². The first-order valence-electron chi connectivity index (χ1n) is 7.31. The molecule has 0 radical (unpaired) electrons. The van der Waals surface area contributed by atoms with Crippen LogP contribution in [0.1, 0.15) is 51.1 Å². The number of fused-ring (bicyclic) bond motifs is 1. The molecule has 1 saturated carbocycles. The molecule has 2 unspecified atom stereocenters. The molecule has 1 aromatic carbocycles. The van der Waals surface area contributed by atoms with Gasteiger partial charge in [0, 0.05) is 22.5 Å². The smallest absolute Gasteiger partial charge is 0.126 e. The van der Waals surface area contributed by atoms with E-state index in [-0.39, 0.29) is 5.60 Å². The second kappa shape index (κ2) is 5.10. The van der Waals surface area contributed by atoms with Gasteiger partial charge in [0.1, 0.15) is 11.4 Å². The molecule has 1 N–H and O–H groups in total. The van der Waals surface area contributed by atoms with Gasteiger partial charge < -0.3 is 10.1 Å². The Bertz CT molecular complexity index is 472. The molecule has 0 aromatic heterocycles. The van der Waals surface area contributed by atoms with Crippen molar-refractivity contribution in [3.05, 3.63) is 28.2 Å². The van der Waals surface area contributed by atoms with Crippen LogP contribution in [-0.4, -0.2) is 12.1 Å². The summed E-state index contributed by atoms with van der Waals surface area (Å²) in [4.78, 5) is 0. The van der Waals surface area contributed by atoms with Crippen molar-refractivity contribution < 1.29 is 4.74 Å². The lowest BCUT2D eigenvalue weighted by molar-refractivity contribution is 0.0347. The summed E-state index contributed by atoms with van der Waals surface area (Å²) < 4.78 is 7.45. The third-order valence-electron chi connectivity index (χ3n) is 4.21. The number of nitrogens with one attached hydrogen (secondary N) is 1. The zero-order chi connectivity index (χ0) is 13.5. The van der Waals surface area contributed by atoms with Crippen LogP contribution in [0.25, 0.3) is 0 Å². The molecule has 1 fully saturated rings. The molecule has 2 aliphatic rings. The van der Waals surface area contributed by atoms with Crippen LogP contribution >= 0.6 is 15.9 Å². The van der Waals surface area contributed by atoms with Crippen molar-refractivity contribution in [2.24, 2.45) is 5.92 Å². The van der Waals surface area contributed by atoms with Gasteiger partial charge in [-0.2, -0.15) is 0 Å². The molecule has 0 saturated heterocycles. The number of hydrogen-bond donors (Lipinski definition) is 1. The maximum atomic E-state index is 6.36. The Hall–Kier alpha value is -0.540. The average molecular weight is 324 g/mol. The summed E-state index contributed by atoms with van der Waals surface area (Å²) in [6, 6.07) is 6.83. The average Bonchev–Trinajstić information content (AvgIpc) is 3.11. The van der Waals surface area contributed by atoms with Crippen molar-refractivity contribution in [1.29, 1.82) is 0 Å². The molecule has 19 heavy (non-hydrogen) atoms. The normalized spacial score (nSPS) is 29.7. The fraction of sp³-hybridized carbons (Fsp3) is 0.625. The van der Waals surface area contributed by atoms with Crippen LogP contribution in [0.2, 0.25) is 0 Å². The third kappa shape index (κ3) is 2.97. The highest BCUT2D eigenvalue weighted by Gasteiger charge is 2.41. The van der Waals surface area contributed by atoms with Crippen molar-refractivity contribution in [2.45, 2.75) is 51.2 Å². The lowest BCUT2D eigenvalue weighted by atomic mass is 9.85. The predicted octanol–water partition coefficient (Wildman–Crippen LogP) is 4.44. The van der Waals surface area contributed by atoms with Gasteiger partial charge in [0.2, 0.25) is 0 Å². The van der Waals surface area contributed by atoms with Gasteiger partial charge in [-0.1, -0.05) is 41.8 Å². The van der Waals surface area contributed by atoms with Crippen molar-refractivity contribution >= 4 is 15.9 Å². The van der Waals surface area contributed by atoms with E-state index in [0.717, 1.165) is 29.1 Å². The van der Waals surface area contributed by atoms with Crippen molar-refractivity contribution in [3.63, 3.8) is 0 Å². The molecule has 1 heterocycles. The number of rotatable bonds is 4. The molecule has 0 spiro atoms. The van der Waals surface area contributed by atoms with Gasteiger partial charge in [-0.25, -0.2) is 0 Å². The van der Waals surface area contributed by atoms with Gasteiger partial charge in [-0.15, -0.1) is 0 Å². The maximum absolute atomic E-state index is 6.36. The first-order valence-corrected chi connectivity index (χ1v) is 8.11. The minimum atomic E-state index is -0.0121. The van der Waals surface area contributed by atoms with E-state index in [2.05, 4.69) is 53.3 Å². The van der Waals surface area contributed by atoms with E-state index in [1.165, 1.54) is 24.8 Å². The van der Waals surface area contributed by atoms with Crippen LogP contribution in [0.3, 0.4) is 0 Å². The van der Waals surface area contributed by atoms with Crippen molar-refractivity contribution in [2.75, 3.05) is 6.54 Å². The van der Waals surface area contributed by atoms with E-state index in [4.69, 9.17) is 4.74 Å². The predicted molar refractivity (Wildman–Crippen MR) is 81.6 cm³/mol. The van der Waals surface area contributed by atoms with Crippen LogP contribution in [0, 0.1) is 5.92 Å². The van der Waals surface area contributed by atoms with Gasteiger partial charge in [0.25, 0.3) is 0 Å². The monoisotopic (exact) mass is 323 g/mol. The first kappa shape index (κ1) is 13.4. The molecule has 2 nitrogen and oxygen atoms in total. The summed E-state index contributed by atoms with van der Waals surface area (Å²) in [5.41, 5.74) is 1.29. The largest absolute Gasteiger partial charge is 0.487 e. The van der Waals surface area contributed by atoms with Crippen LogP contribution in [0.4, 0.5) is 0 Å². The molecule has 104 valence electrons. The zero-order valence-corrected chi connectivity index (χ0v) is 13.3. The number of halogens is 1. The van der Waals surface area contributed by atoms with Gasteiger partial charge in [-0.05, 0) is 37.9 Å². The highest BCUT2D eigenvalue weighted by Crippen LogP contribution is 2.46. The second-order valence-electron chi connectivity index (χ2n) is 6.20. The van der Waals surface area contributed by atoms with Crippen LogP contribution < -0.4 is 10.1 Å². The summed E-state index contributed by atoms with van der Waals surface area (Å²) in [5, 5.41) is 3.61. The van der Waals surface area contributed by atoms with E-state index in [1.54, 1.807) is 0 Å². The summed E-state index contributed by atoms with van der Waals surface area (Å²) in [7, 11) is 0. The molecule has 2 atom stereocenters. The Labute approximate surface area is 124 Å². The molecule has 0 amide bonds. The summed E-state index contributed by atoms with van der Waals surface area (Å²) in [5.74, 6) is 1.94. The highest BCUT2D eigenvalue weighted by molar-refractivity contribution is 9.10. The Kier molecular flexibility index (Phi) is 3.61. The number of hydrogen-bond acceptors (Lipinski definition) is 2. The third-order valence-corrected chi connectivity index (χ3v) is 4.70. The Morgan fingerprint density at radius 3 is 2.89 bits per heavy atom. The zero-order valence-electron chi connectivity index (χ0n) is 11.7. The summed E-state index contributed by atoms with van der Waals surface area (Å²) in [6.07, 6.45) is 5.04. The lowest BCUT2D eigenvalue weighted by Crippen LogP contribution is -2.42. The fourth-order valence-electron chi connectivity index (χ4n) is 3.22. The van der Waals surface area contributed by atoms with Crippen LogP contribution in [0.15, 0.2) is 22.7 Å². The van der Waals surface area contributed by atoms with Crippen molar-refractivity contribution in [3.8, 4) is 5.75 Å². The number of ether oxygens (including phenoxy) is 1. The molecular weight excluding hydrogens is 302 g/mol. The topological polar surface area (TPSA) is 21.3 Å². The van der Waals surface area contributed by atoms with E-state index in [1.807, 2.05) is 0 Å². The lowest BCUT2D eigenvalue weighted by Gasteiger charge is -2.40. The SMILES string of the molecule is CCNC1CC(C)(CC2CC2)Oc2cc(Br)ccc21. The van der Waals surface area contributed by atoms with Gasteiger partial charge >= 0.3 is 0 Å². The Morgan fingerprint density at radius 2 is 2.21 bits per heavy atom. The van der Waals surface area contributed by atoms with E-state index < -0.39 is 0 Å². The van der Waals surface area contributed by atoms with E-state index in [0.29, 0.717) is 6.04 Å². The standard InChI is InChI=1S/C16H22BrNO/c1-3-18-14-10-16(2,9-11-4-5-11)19-15-8-12(17)6-7-13(14)15/h6-8,11,14,18H,3-5,9-10H2,1-2H3. The molecule has 3 heteroatoms. The Balaban J connectivity index is 1.89. The highest BCUT2D eigenvalue weighted by atomic mass is 79.9. The molecule has 1 aliphatic heterocycles. The minimum absolute atomic E-state index is 0.0121. The van der Waals surface area contributed by atoms with Crippen molar-refractivity contribution in [1.82, 2.24) is 5.32 Å². The van der Waals surface area contributed by atoms with Crippen LogP contribution in [-0.2, 0) is 0 Å². The minimum Gasteiger partial charge on any atom is -0.487 e. The molecular formula is C16H22BrNO.